The molecule has 0 aromatic heterocycles. The van der Waals surface area contributed by atoms with Crippen molar-refractivity contribution in [2.24, 2.45) is 5.92 Å². The molecule has 0 saturated heterocycles. The number of hydrogen-bond acceptors (Lipinski definition) is 2. The van der Waals surface area contributed by atoms with Crippen LogP contribution in [0.5, 0.6) is 0 Å². The highest BCUT2D eigenvalue weighted by Crippen LogP contribution is 2.47. The Morgan fingerprint density at radius 2 is 1.39 bits per heavy atom. The molecule has 1 fully saturated rings. The summed E-state index contributed by atoms with van der Waals surface area (Å²) in [7, 11) is 0. The molecule has 0 atom stereocenters. The maximum absolute atomic E-state index is 12.4. The lowest BCUT2D eigenvalue weighted by molar-refractivity contribution is 0.0686. The minimum absolute atomic E-state index is 0.244. The Hall–Kier alpha value is -3.40. The third kappa shape index (κ3) is 5.09. The Morgan fingerprint density at radius 3 is 1.89 bits per heavy atom. The molecule has 1 aliphatic carbocycles. The monoisotopic (exact) mass is 484 g/mol. The highest BCUT2D eigenvalue weighted by Gasteiger charge is 2.29. The lowest BCUT2D eigenvalue weighted by Crippen LogP contribution is -2.12. The predicted molar refractivity (Wildman–Crippen MR) is 145 cm³/mol. The second-order valence-electron chi connectivity index (χ2n) is 10.4. The Kier molecular flexibility index (Phi) is 7.93. The minimum Gasteiger partial charge on any atom is -0.478 e. The fourth-order valence-corrected chi connectivity index (χ4v) is 5.88. The first kappa shape index (κ1) is 25.7. The molecule has 188 valence electrons. The first-order valence-electron chi connectivity index (χ1n) is 13.2. The number of hydrogen-bond donors (Lipinski definition) is 2. The minimum atomic E-state index is -0.976. The van der Waals surface area contributed by atoms with Crippen molar-refractivity contribution in [3.63, 3.8) is 0 Å². The largest absolute Gasteiger partial charge is 0.478 e. The van der Waals surface area contributed by atoms with Crippen LogP contribution in [-0.4, -0.2) is 22.2 Å². The molecule has 3 aromatic carbocycles. The average Bonchev–Trinajstić information content (AvgIpc) is 3.39. The van der Waals surface area contributed by atoms with Crippen LogP contribution < -0.4 is 0 Å². The van der Waals surface area contributed by atoms with E-state index in [9.17, 15) is 19.8 Å². The standard InChI is InChI=1S/C32H36O4/c1-4-11-22-19-27(21-12-5-6-13-21)28(18-20(2)3)30(24-15-8-10-17-26(24)32(35)36)29(22)23-14-7-9-16-25(23)31(33)34/h7-10,14-17,19-21H,4-6,11-13,18H2,1-3H3,(H,33,34)(H,35,36). The third-order valence-corrected chi connectivity index (χ3v) is 7.33. The maximum Gasteiger partial charge on any atom is 0.336 e. The van der Waals surface area contributed by atoms with E-state index in [1.165, 1.54) is 24.0 Å². The van der Waals surface area contributed by atoms with Gasteiger partial charge < -0.3 is 10.2 Å². The number of rotatable bonds is 9. The molecule has 4 heteroatoms. The average molecular weight is 485 g/mol. The summed E-state index contributed by atoms with van der Waals surface area (Å²) in [4.78, 5) is 24.7. The van der Waals surface area contributed by atoms with E-state index in [1.807, 2.05) is 24.3 Å². The van der Waals surface area contributed by atoms with Crippen molar-refractivity contribution in [1.29, 1.82) is 0 Å². The Balaban J connectivity index is 2.21. The summed E-state index contributed by atoms with van der Waals surface area (Å²) in [6.07, 6.45) is 7.22. The normalized spacial score (nSPS) is 13.9. The zero-order valence-electron chi connectivity index (χ0n) is 21.5. The summed E-state index contributed by atoms with van der Waals surface area (Å²) >= 11 is 0. The summed E-state index contributed by atoms with van der Waals surface area (Å²) in [6, 6.07) is 16.7. The van der Waals surface area contributed by atoms with Crippen LogP contribution in [0.25, 0.3) is 22.3 Å². The molecule has 1 saturated carbocycles. The van der Waals surface area contributed by atoms with Crippen molar-refractivity contribution in [2.75, 3.05) is 0 Å². The van der Waals surface area contributed by atoms with E-state index < -0.39 is 11.9 Å². The molecule has 0 amide bonds. The molecule has 2 N–H and O–H groups in total. The van der Waals surface area contributed by atoms with Crippen molar-refractivity contribution >= 4 is 11.9 Å². The second-order valence-corrected chi connectivity index (χ2v) is 10.4. The van der Waals surface area contributed by atoms with Gasteiger partial charge in [-0.3, -0.25) is 0 Å². The van der Waals surface area contributed by atoms with Crippen LogP contribution in [0.3, 0.4) is 0 Å². The van der Waals surface area contributed by atoms with E-state index in [0.29, 0.717) is 23.0 Å². The fourth-order valence-electron chi connectivity index (χ4n) is 5.88. The topological polar surface area (TPSA) is 74.6 Å². The SMILES string of the molecule is CCCc1cc(C2CCCC2)c(CC(C)C)c(-c2ccccc2C(=O)O)c1-c1ccccc1C(=O)O. The van der Waals surface area contributed by atoms with Gasteiger partial charge in [-0.1, -0.05) is 82.5 Å². The van der Waals surface area contributed by atoms with E-state index in [2.05, 4.69) is 26.8 Å². The van der Waals surface area contributed by atoms with E-state index >= 15 is 0 Å². The highest BCUT2D eigenvalue weighted by atomic mass is 16.4. The van der Waals surface area contributed by atoms with Crippen LogP contribution in [0, 0.1) is 5.92 Å². The van der Waals surface area contributed by atoms with E-state index in [4.69, 9.17) is 0 Å². The molecular formula is C32H36O4. The Labute approximate surface area is 214 Å². The first-order chi connectivity index (χ1) is 17.3. The quantitative estimate of drug-likeness (QED) is 0.321. The number of aromatic carboxylic acids is 2. The predicted octanol–water partition coefficient (Wildman–Crippen LogP) is 8.23. The molecule has 0 bridgehead atoms. The molecule has 0 unspecified atom stereocenters. The van der Waals surface area contributed by atoms with Crippen molar-refractivity contribution in [3.8, 4) is 22.3 Å². The smallest absolute Gasteiger partial charge is 0.336 e. The van der Waals surface area contributed by atoms with Gasteiger partial charge in [0.1, 0.15) is 0 Å². The summed E-state index contributed by atoms with van der Waals surface area (Å²) < 4.78 is 0. The number of carbonyl (C=O) groups is 2. The van der Waals surface area contributed by atoms with Gasteiger partial charge in [0.15, 0.2) is 0 Å². The summed E-state index contributed by atoms with van der Waals surface area (Å²) in [5.74, 6) is -1.13. The molecule has 0 aliphatic heterocycles. The van der Waals surface area contributed by atoms with Crippen molar-refractivity contribution in [3.05, 3.63) is 82.4 Å². The second kappa shape index (κ2) is 11.1. The van der Waals surface area contributed by atoms with Crippen LogP contribution in [0.1, 0.15) is 96.2 Å². The molecule has 0 radical (unpaired) electrons. The van der Waals surface area contributed by atoms with Gasteiger partial charge >= 0.3 is 11.9 Å². The summed E-state index contributed by atoms with van der Waals surface area (Å²) in [5, 5.41) is 20.3. The molecule has 0 spiro atoms. The van der Waals surface area contributed by atoms with Gasteiger partial charge in [-0.05, 0) is 88.6 Å². The highest BCUT2D eigenvalue weighted by molar-refractivity contribution is 6.04. The van der Waals surface area contributed by atoms with Gasteiger partial charge in [-0.2, -0.15) is 0 Å². The lowest BCUT2D eigenvalue weighted by Gasteiger charge is -2.28. The molecule has 1 aliphatic rings. The maximum atomic E-state index is 12.4. The molecule has 4 nitrogen and oxygen atoms in total. The number of benzene rings is 3. The van der Waals surface area contributed by atoms with E-state index in [1.54, 1.807) is 24.3 Å². The molecule has 36 heavy (non-hydrogen) atoms. The fraction of sp³-hybridized carbons (Fsp3) is 0.375. The Bertz CT molecular complexity index is 1270. The molecule has 3 aromatic rings. The van der Waals surface area contributed by atoms with Crippen LogP contribution in [0.15, 0.2) is 54.6 Å². The van der Waals surface area contributed by atoms with Gasteiger partial charge in [-0.15, -0.1) is 0 Å². The third-order valence-electron chi connectivity index (χ3n) is 7.33. The van der Waals surface area contributed by atoms with Crippen LogP contribution in [0.4, 0.5) is 0 Å². The molecule has 0 heterocycles. The number of aryl methyl sites for hydroxylation is 1. The molecule has 4 rings (SSSR count). The van der Waals surface area contributed by atoms with Gasteiger partial charge in [0.2, 0.25) is 0 Å². The number of carboxylic acid groups (broad SMARTS) is 2. The Morgan fingerprint density at radius 1 is 0.861 bits per heavy atom. The zero-order chi connectivity index (χ0) is 25.8. The number of carboxylic acids is 2. The lowest BCUT2D eigenvalue weighted by atomic mass is 9.76. The van der Waals surface area contributed by atoms with E-state index in [-0.39, 0.29) is 11.1 Å². The van der Waals surface area contributed by atoms with Crippen molar-refractivity contribution in [2.45, 2.75) is 71.6 Å². The van der Waals surface area contributed by atoms with Gasteiger partial charge in [0.05, 0.1) is 11.1 Å². The van der Waals surface area contributed by atoms with Crippen molar-refractivity contribution in [1.82, 2.24) is 0 Å². The van der Waals surface area contributed by atoms with Crippen LogP contribution in [-0.2, 0) is 12.8 Å². The van der Waals surface area contributed by atoms with Crippen LogP contribution >= 0.6 is 0 Å². The first-order valence-corrected chi connectivity index (χ1v) is 13.2. The van der Waals surface area contributed by atoms with Gasteiger partial charge in [0.25, 0.3) is 0 Å². The van der Waals surface area contributed by atoms with Gasteiger partial charge in [0, 0.05) is 0 Å². The molecular weight excluding hydrogens is 448 g/mol. The van der Waals surface area contributed by atoms with E-state index in [0.717, 1.165) is 48.8 Å². The van der Waals surface area contributed by atoms with Crippen molar-refractivity contribution < 1.29 is 19.8 Å². The summed E-state index contributed by atoms with van der Waals surface area (Å²) in [5.41, 5.74) is 7.23. The summed E-state index contributed by atoms with van der Waals surface area (Å²) in [6.45, 7) is 6.52. The van der Waals surface area contributed by atoms with Gasteiger partial charge in [-0.25, -0.2) is 9.59 Å². The van der Waals surface area contributed by atoms with Crippen LogP contribution in [0.2, 0.25) is 0 Å². The zero-order valence-corrected chi connectivity index (χ0v) is 21.5.